The minimum Gasteiger partial charge on any atom is -0.379 e. The molecule has 0 amide bonds. The standard InChI is InChI=1S/C18H20N2/c1-3-4-15-7-11-18(12-8-15)20-14(2)17-9-5-16(13-19)6-10-17/h5-12,14,20H,3-4H2,1-2H3. The predicted octanol–water partition coefficient (Wildman–Crippen LogP) is 4.68. The summed E-state index contributed by atoms with van der Waals surface area (Å²) >= 11 is 0. The lowest BCUT2D eigenvalue weighted by atomic mass is 10.1. The average molecular weight is 264 g/mol. The molecule has 0 saturated heterocycles. The molecule has 0 saturated carbocycles. The monoisotopic (exact) mass is 264 g/mol. The second-order valence-electron chi connectivity index (χ2n) is 5.05. The first-order valence-corrected chi connectivity index (χ1v) is 7.08. The normalized spacial score (nSPS) is 11.7. The van der Waals surface area contributed by atoms with E-state index in [1.54, 1.807) is 0 Å². The smallest absolute Gasteiger partial charge is 0.0991 e. The molecule has 1 unspecified atom stereocenters. The molecule has 2 aromatic rings. The molecule has 1 N–H and O–H groups in total. The second kappa shape index (κ2) is 6.77. The summed E-state index contributed by atoms with van der Waals surface area (Å²) in [4.78, 5) is 0. The Hall–Kier alpha value is -2.27. The van der Waals surface area contributed by atoms with E-state index in [0.717, 1.165) is 12.1 Å². The molecule has 0 heterocycles. The summed E-state index contributed by atoms with van der Waals surface area (Å²) in [6.45, 7) is 4.32. The molecule has 0 aromatic heterocycles. The van der Waals surface area contributed by atoms with Gasteiger partial charge in [-0.25, -0.2) is 0 Å². The van der Waals surface area contributed by atoms with Gasteiger partial charge >= 0.3 is 0 Å². The van der Waals surface area contributed by atoms with Gasteiger partial charge < -0.3 is 5.32 Å². The molecule has 0 spiro atoms. The Morgan fingerprint density at radius 3 is 2.25 bits per heavy atom. The topological polar surface area (TPSA) is 35.8 Å². The van der Waals surface area contributed by atoms with Crippen LogP contribution >= 0.6 is 0 Å². The number of nitrogens with one attached hydrogen (secondary N) is 1. The molecule has 0 aliphatic heterocycles. The van der Waals surface area contributed by atoms with Crippen molar-refractivity contribution >= 4 is 5.69 Å². The summed E-state index contributed by atoms with van der Waals surface area (Å²) in [6, 6.07) is 18.7. The lowest BCUT2D eigenvalue weighted by molar-refractivity contribution is 0.882. The zero-order valence-corrected chi connectivity index (χ0v) is 12.1. The minimum atomic E-state index is 0.222. The van der Waals surface area contributed by atoms with Gasteiger partial charge in [-0.1, -0.05) is 37.6 Å². The van der Waals surface area contributed by atoms with E-state index >= 15 is 0 Å². The first-order chi connectivity index (χ1) is 9.72. The van der Waals surface area contributed by atoms with Crippen LogP contribution in [0.25, 0.3) is 0 Å². The van der Waals surface area contributed by atoms with Gasteiger partial charge in [-0.3, -0.25) is 0 Å². The molecule has 102 valence electrons. The maximum absolute atomic E-state index is 8.81. The van der Waals surface area contributed by atoms with E-state index in [4.69, 9.17) is 5.26 Å². The lowest BCUT2D eigenvalue weighted by Crippen LogP contribution is -2.06. The molecule has 0 fully saturated rings. The molecular formula is C18H20N2. The van der Waals surface area contributed by atoms with E-state index in [1.807, 2.05) is 24.3 Å². The van der Waals surface area contributed by atoms with Crippen molar-refractivity contribution in [2.24, 2.45) is 0 Å². The number of rotatable bonds is 5. The van der Waals surface area contributed by atoms with E-state index in [1.165, 1.54) is 17.5 Å². The van der Waals surface area contributed by atoms with Gasteiger partial charge in [-0.2, -0.15) is 5.26 Å². The van der Waals surface area contributed by atoms with Gasteiger partial charge in [0.1, 0.15) is 0 Å². The van der Waals surface area contributed by atoms with Crippen LogP contribution < -0.4 is 5.32 Å². The third-order valence-corrected chi connectivity index (χ3v) is 3.42. The molecular weight excluding hydrogens is 244 g/mol. The summed E-state index contributed by atoms with van der Waals surface area (Å²) in [5, 5.41) is 12.3. The van der Waals surface area contributed by atoms with Crippen LogP contribution in [0.2, 0.25) is 0 Å². The van der Waals surface area contributed by atoms with Crippen LogP contribution in [0.4, 0.5) is 5.69 Å². The van der Waals surface area contributed by atoms with Gasteiger partial charge in [0, 0.05) is 11.7 Å². The zero-order valence-electron chi connectivity index (χ0n) is 12.1. The molecule has 2 heteroatoms. The van der Waals surface area contributed by atoms with Crippen molar-refractivity contribution in [2.45, 2.75) is 32.7 Å². The average Bonchev–Trinajstić information content (AvgIpc) is 2.49. The molecule has 2 nitrogen and oxygen atoms in total. The number of hydrogen-bond acceptors (Lipinski definition) is 2. The van der Waals surface area contributed by atoms with Gasteiger partial charge in [0.2, 0.25) is 0 Å². The summed E-state index contributed by atoms with van der Waals surface area (Å²) in [5.74, 6) is 0. The van der Waals surface area contributed by atoms with E-state index in [0.29, 0.717) is 5.56 Å². The molecule has 0 aliphatic carbocycles. The maximum atomic E-state index is 8.81. The number of aryl methyl sites for hydroxylation is 1. The van der Waals surface area contributed by atoms with E-state index in [9.17, 15) is 0 Å². The van der Waals surface area contributed by atoms with Crippen molar-refractivity contribution in [3.8, 4) is 6.07 Å². The van der Waals surface area contributed by atoms with Crippen molar-refractivity contribution in [1.29, 1.82) is 5.26 Å². The Morgan fingerprint density at radius 2 is 1.70 bits per heavy atom. The first kappa shape index (κ1) is 14.1. The van der Waals surface area contributed by atoms with Crippen LogP contribution in [0.3, 0.4) is 0 Å². The number of hydrogen-bond donors (Lipinski definition) is 1. The van der Waals surface area contributed by atoms with Gasteiger partial charge in [0.25, 0.3) is 0 Å². The summed E-state index contributed by atoms with van der Waals surface area (Å²) in [7, 11) is 0. The highest BCUT2D eigenvalue weighted by Gasteiger charge is 2.05. The number of benzene rings is 2. The van der Waals surface area contributed by atoms with E-state index < -0.39 is 0 Å². The van der Waals surface area contributed by atoms with Crippen molar-refractivity contribution in [2.75, 3.05) is 5.32 Å². The van der Waals surface area contributed by atoms with Crippen molar-refractivity contribution in [1.82, 2.24) is 0 Å². The van der Waals surface area contributed by atoms with Crippen molar-refractivity contribution in [3.63, 3.8) is 0 Å². The number of nitrogens with zero attached hydrogens (tertiary/aromatic N) is 1. The first-order valence-electron chi connectivity index (χ1n) is 7.08. The maximum Gasteiger partial charge on any atom is 0.0991 e. The van der Waals surface area contributed by atoms with Gasteiger partial charge in [0.15, 0.2) is 0 Å². The summed E-state index contributed by atoms with van der Waals surface area (Å²) < 4.78 is 0. The molecule has 2 aromatic carbocycles. The fourth-order valence-electron chi connectivity index (χ4n) is 2.24. The SMILES string of the molecule is CCCc1ccc(NC(C)c2ccc(C#N)cc2)cc1. The zero-order chi connectivity index (χ0) is 14.4. The Bertz CT molecular complexity index is 576. The quantitative estimate of drug-likeness (QED) is 0.850. The van der Waals surface area contributed by atoms with Crippen LogP contribution in [0.1, 0.15) is 43.0 Å². The second-order valence-corrected chi connectivity index (χ2v) is 5.05. The van der Waals surface area contributed by atoms with Crippen LogP contribution in [0.15, 0.2) is 48.5 Å². The highest BCUT2D eigenvalue weighted by Crippen LogP contribution is 2.20. The molecule has 20 heavy (non-hydrogen) atoms. The third-order valence-electron chi connectivity index (χ3n) is 3.42. The lowest BCUT2D eigenvalue weighted by Gasteiger charge is -2.16. The fourth-order valence-corrected chi connectivity index (χ4v) is 2.24. The van der Waals surface area contributed by atoms with Crippen molar-refractivity contribution < 1.29 is 0 Å². The summed E-state index contributed by atoms with van der Waals surface area (Å²) in [6.07, 6.45) is 2.31. The Labute approximate surface area is 121 Å². The highest BCUT2D eigenvalue weighted by atomic mass is 14.9. The Kier molecular flexibility index (Phi) is 4.79. The predicted molar refractivity (Wildman–Crippen MR) is 83.6 cm³/mol. The van der Waals surface area contributed by atoms with Crippen LogP contribution in [-0.4, -0.2) is 0 Å². The van der Waals surface area contributed by atoms with Crippen LogP contribution in [0.5, 0.6) is 0 Å². The molecule has 2 rings (SSSR count). The van der Waals surface area contributed by atoms with E-state index in [2.05, 4.69) is 49.5 Å². The minimum absolute atomic E-state index is 0.222. The van der Waals surface area contributed by atoms with Gasteiger partial charge in [-0.05, 0) is 48.7 Å². The Morgan fingerprint density at radius 1 is 1.05 bits per heavy atom. The third kappa shape index (κ3) is 3.61. The summed E-state index contributed by atoms with van der Waals surface area (Å²) in [5.41, 5.74) is 4.39. The molecule has 0 aliphatic rings. The number of anilines is 1. The fraction of sp³-hybridized carbons (Fsp3) is 0.278. The van der Waals surface area contributed by atoms with Gasteiger partial charge in [-0.15, -0.1) is 0 Å². The van der Waals surface area contributed by atoms with Crippen molar-refractivity contribution in [3.05, 3.63) is 65.2 Å². The molecule has 0 bridgehead atoms. The number of nitriles is 1. The molecule has 1 atom stereocenters. The van der Waals surface area contributed by atoms with Gasteiger partial charge in [0.05, 0.1) is 11.6 Å². The highest BCUT2D eigenvalue weighted by molar-refractivity contribution is 5.47. The van der Waals surface area contributed by atoms with Crippen LogP contribution in [-0.2, 0) is 6.42 Å². The van der Waals surface area contributed by atoms with Crippen LogP contribution in [0, 0.1) is 11.3 Å². The largest absolute Gasteiger partial charge is 0.379 e. The molecule has 0 radical (unpaired) electrons. The Balaban J connectivity index is 2.02. The van der Waals surface area contributed by atoms with E-state index in [-0.39, 0.29) is 6.04 Å².